The minimum Gasteiger partial charge on any atom is -0.461 e. The highest BCUT2D eigenvalue weighted by Crippen LogP contribution is 2.32. The third-order valence-corrected chi connectivity index (χ3v) is 4.72. The number of primary amides is 1. The van der Waals surface area contributed by atoms with Gasteiger partial charge in [0.1, 0.15) is 13.2 Å². The number of benzene rings is 2. The largest absolute Gasteiger partial charge is 0.461 e. The maximum atomic E-state index is 13.0. The fourth-order valence-electron chi connectivity index (χ4n) is 3.15. The number of ether oxygens (including phenoxy) is 2. The van der Waals surface area contributed by atoms with E-state index in [0.717, 1.165) is 0 Å². The van der Waals surface area contributed by atoms with Gasteiger partial charge in [0, 0.05) is 23.5 Å². The molecule has 7 heteroatoms. The minimum absolute atomic E-state index is 0.0892. The lowest BCUT2D eigenvalue weighted by Crippen LogP contribution is -2.34. The topological polar surface area (TPSA) is 113 Å². The van der Waals surface area contributed by atoms with Crippen LogP contribution >= 0.6 is 0 Å². The van der Waals surface area contributed by atoms with E-state index >= 15 is 0 Å². The van der Waals surface area contributed by atoms with Crippen molar-refractivity contribution in [2.75, 3.05) is 13.2 Å². The van der Waals surface area contributed by atoms with Gasteiger partial charge in [-0.1, -0.05) is 67.8 Å². The number of ketones is 1. The molecule has 2 aromatic rings. The maximum Gasteiger partial charge on any atom is 0.321 e. The molecule has 0 aromatic heterocycles. The van der Waals surface area contributed by atoms with Crippen LogP contribution in [0, 0.1) is 5.92 Å². The van der Waals surface area contributed by atoms with Gasteiger partial charge in [-0.2, -0.15) is 0 Å². The van der Waals surface area contributed by atoms with E-state index in [2.05, 4.69) is 13.2 Å². The first kappa shape index (κ1) is 24.3. The van der Waals surface area contributed by atoms with Gasteiger partial charge in [-0.25, -0.2) is 0 Å². The Balaban J connectivity index is 2.41. The predicted octanol–water partition coefficient (Wildman–Crippen LogP) is 3.22. The molecule has 0 heterocycles. The van der Waals surface area contributed by atoms with Crippen molar-refractivity contribution in [3.05, 3.63) is 96.6 Å². The Labute approximate surface area is 186 Å². The lowest BCUT2D eigenvalue weighted by atomic mass is 9.81. The highest BCUT2D eigenvalue weighted by Gasteiger charge is 2.39. The number of nitrogens with two attached hydrogens (primary N) is 1. The zero-order valence-corrected chi connectivity index (χ0v) is 17.6. The van der Waals surface area contributed by atoms with E-state index in [-0.39, 0.29) is 31.0 Å². The van der Waals surface area contributed by atoms with Gasteiger partial charge in [-0.3, -0.25) is 19.2 Å². The monoisotopic (exact) mass is 435 g/mol. The molecule has 7 nitrogen and oxygen atoms in total. The van der Waals surface area contributed by atoms with Crippen LogP contribution in [0.2, 0.25) is 0 Å². The van der Waals surface area contributed by atoms with Gasteiger partial charge in [0.15, 0.2) is 11.7 Å². The van der Waals surface area contributed by atoms with Crippen LogP contribution in [0.1, 0.15) is 38.6 Å². The SMILES string of the molecule is C=CCOC(=O)C(C(=O)OCC=C)C(CC(=O)c1ccc(C(N)=O)cc1)c1ccccc1. The molecule has 0 radical (unpaired) electrons. The molecule has 32 heavy (non-hydrogen) atoms. The molecule has 0 fully saturated rings. The summed E-state index contributed by atoms with van der Waals surface area (Å²) in [5, 5.41) is 0. The second kappa shape index (κ2) is 12.0. The summed E-state index contributed by atoms with van der Waals surface area (Å²) in [4.78, 5) is 49.9. The molecule has 0 aliphatic rings. The average Bonchev–Trinajstić information content (AvgIpc) is 2.81. The number of Topliss-reactive ketones (excluding diaryl/α,β-unsaturated/α-hetero) is 1. The van der Waals surface area contributed by atoms with Gasteiger partial charge in [-0.15, -0.1) is 0 Å². The van der Waals surface area contributed by atoms with Gasteiger partial charge < -0.3 is 15.2 Å². The summed E-state index contributed by atoms with van der Waals surface area (Å²) < 4.78 is 10.3. The Morgan fingerprint density at radius 2 is 1.31 bits per heavy atom. The van der Waals surface area contributed by atoms with Crippen molar-refractivity contribution >= 4 is 23.6 Å². The van der Waals surface area contributed by atoms with E-state index in [1.54, 1.807) is 30.3 Å². The van der Waals surface area contributed by atoms with Gasteiger partial charge in [0.2, 0.25) is 5.91 Å². The fourth-order valence-corrected chi connectivity index (χ4v) is 3.15. The second-order valence-electron chi connectivity index (χ2n) is 6.90. The second-order valence-corrected chi connectivity index (χ2v) is 6.90. The number of carbonyl (C=O) groups excluding carboxylic acids is 4. The van der Waals surface area contributed by atoms with Gasteiger partial charge in [0.05, 0.1) is 0 Å². The molecule has 0 bridgehead atoms. The average molecular weight is 435 g/mol. The smallest absolute Gasteiger partial charge is 0.321 e. The first-order chi connectivity index (χ1) is 15.4. The van der Waals surface area contributed by atoms with Crippen LogP contribution in [0.4, 0.5) is 0 Å². The van der Waals surface area contributed by atoms with Gasteiger partial charge in [0.25, 0.3) is 0 Å². The summed E-state index contributed by atoms with van der Waals surface area (Å²) in [7, 11) is 0. The Hall–Kier alpha value is -4.00. The summed E-state index contributed by atoms with van der Waals surface area (Å²) in [6, 6.07) is 14.6. The van der Waals surface area contributed by atoms with E-state index in [1.165, 1.54) is 36.4 Å². The summed E-state index contributed by atoms with van der Waals surface area (Å²) in [6.07, 6.45) is 2.59. The number of carbonyl (C=O) groups is 4. The van der Waals surface area contributed by atoms with Crippen molar-refractivity contribution in [3.63, 3.8) is 0 Å². The van der Waals surface area contributed by atoms with Crippen molar-refractivity contribution in [1.82, 2.24) is 0 Å². The number of rotatable bonds is 12. The Morgan fingerprint density at radius 3 is 1.78 bits per heavy atom. The zero-order valence-electron chi connectivity index (χ0n) is 17.6. The van der Waals surface area contributed by atoms with Crippen LogP contribution in [-0.4, -0.2) is 36.8 Å². The van der Waals surface area contributed by atoms with Crippen LogP contribution < -0.4 is 5.73 Å². The molecule has 1 unspecified atom stereocenters. The molecule has 2 N–H and O–H groups in total. The van der Waals surface area contributed by atoms with Crippen molar-refractivity contribution in [2.45, 2.75) is 12.3 Å². The summed E-state index contributed by atoms with van der Waals surface area (Å²) >= 11 is 0. The number of esters is 2. The molecule has 0 saturated carbocycles. The summed E-state index contributed by atoms with van der Waals surface area (Å²) in [5.41, 5.74) is 6.42. The molecule has 1 atom stereocenters. The molecule has 0 aliphatic heterocycles. The molecule has 0 saturated heterocycles. The summed E-state index contributed by atoms with van der Waals surface area (Å²) in [5.74, 6) is -4.77. The van der Waals surface area contributed by atoms with Crippen LogP contribution in [-0.2, 0) is 19.1 Å². The van der Waals surface area contributed by atoms with Crippen molar-refractivity contribution in [1.29, 1.82) is 0 Å². The minimum atomic E-state index is -1.37. The standard InChI is InChI=1S/C25H25NO6/c1-3-14-31-24(29)22(25(30)32-15-4-2)20(17-8-6-5-7-9-17)16-21(27)18-10-12-19(13-11-18)23(26)28/h3-13,20,22H,1-2,14-16H2,(H2,26,28). The van der Waals surface area contributed by atoms with Crippen molar-refractivity contribution in [3.8, 4) is 0 Å². The molecular weight excluding hydrogens is 410 g/mol. The Kier molecular flexibility index (Phi) is 9.10. The fraction of sp³-hybridized carbons (Fsp3) is 0.200. The van der Waals surface area contributed by atoms with E-state index < -0.39 is 29.7 Å². The molecular formula is C25H25NO6. The van der Waals surface area contributed by atoms with E-state index in [0.29, 0.717) is 11.1 Å². The molecule has 2 aromatic carbocycles. The van der Waals surface area contributed by atoms with E-state index in [4.69, 9.17) is 15.2 Å². The van der Waals surface area contributed by atoms with Gasteiger partial charge >= 0.3 is 11.9 Å². The zero-order chi connectivity index (χ0) is 23.5. The first-order valence-electron chi connectivity index (χ1n) is 9.92. The Morgan fingerprint density at radius 1 is 0.812 bits per heavy atom. The lowest BCUT2D eigenvalue weighted by molar-refractivity contribution is -0.162. The number of hydrogen-bond acceptors (Lipinski definition) is 6. The number of hydrogen-bond donors (Lipinski definition) is 1. The molecule has 166 valence electrons. The van der Waals surface area contributed by atoms with E-state index in [1.807, 2.05) is 0 Å². The predicted molar refractivity (Wildman–Crippen MR) is 119 cm³/mol. The van der Waals surface area contributed by atoms with E-state index in [9.17, 15) is 19.2 Å². The molecule has 0 spiro atoms. The normalized spacial score (nSPS) is 11.3. The highest BCUT2D eigenvalue weighted by molar-refractivity contribution is 6.01. The Bertz CT molecular complexity index is 957. The highest BCUT2D eigenvalue weighted by atomic mass is 16.6. The molecule has 0 aliphatic carbocycles. The van der Waals surface area contributed by atoms with Crippen LogP contribution in [0.3, 0.4) is 0 Å². The third kappa shape index (κ3) is 6.50. The number of amides is 1. The van der Waals surface area contributed by atoms with Crippen LogP contribution in [0.25, 0.3) is 0 Å². The van der Waals surface area contributed by atoms with Crippen molar-refractivity contribution < 1.29 is 28.7 Å². The molecule has 1 amide bonds. The summed E-state index contributed by atoms with van der Waals surface area (Å²) in [6.45, 7) is 6.83. The van der Waals surface area contributed by atoms with Crippen LogP contribution in [0.15, 0.2) is 79.9 Å². The molecule has 2 rings (SSSR count). The quantitative estimate of drug-likeness (QED) is 0.237. The maximum absolute atomic E-state index is 13.0. The lowest BCUT2D eigenvalue weighted by Gasteiger charge is -2.24. The van der Waals surface area contributed by atoms with Crippen molar-refractivity contribution in [2.24, 2.45) is 11.7 Å². The van der Waals surface area contributed by atoms with Gasteiger partial charge in [-0.05, 0) is 17.7 Å². The third-order valence-electron chi connectivity index (χ3n) is 4.72. The first-order valence-corrected chi connectivity index (χ1v) is 9.92. The van der Waals surface area contributed by atoms with Crippen LogP contribution in [0.5, 0.6) is 0 Å².